The second-order valence-electron chi connectivity index (χ2n) is 5.69. The highest BCUT2D eigenvalue weighted by molar-refractivity contribution is 5.96. The van der Waals surface area contributed by atoms with Gasteiger partial charge in [0.15, 0.2) is 0 Å². The monoisotopic (exact) mass is 271 g/mol. The fourth-order valence-electron chi connectivity index (χ4n) is 3.38. The van der Waals surface area contributed by atoms with Gasteiger partial charge in [-0.15, -0.1) is 0 Å². The van der Waals surface area contributed by atoms with Crippen LogP contribution in [0.15, 0.2) is 36.4 Å². The third-order valence-electron chi connectivity index (χ3n) is 4.37. The number of carbonyl (C=O) groups excluding carboxylic acids is 1. The Kier molecular flexibility index (Phi) is 3.08. The summed E-state index contributed by atoms with van der Waals surface area (Å²) in [5.74, 6) is -2.03. The fraction of sp³-hybridized carbons (Fsp3) is 0.375. The van der Waals surface area contributed by atoms with Crippen molar-refractivity contribution in [2.24, 2.45) is 23.7 Å². The Bertz CT molecular complexity index is 576. The highest BCUT2D eigenvalue weighted by Crippen LogP contribution is 2.48. The molecule has 1 aromatic carbocycles. The van der Waals surface area contributed by atoms with E-state index in [9.17, 15) is 14.7 Å². The predicted octanol–water partition coefficient (Wildman–Crippen LogP) is 2.46. The Morgan fingerprint density at radius 2 is 1.70 bits per heavy atom. The maximum Gasteiger partial charge on any atom is 0.307 e. The number of amides is 1. The van der Waals surface area contributed by atoms with Gasteiger partial charge in [0.05, 0.1) is 11.8 Å². The van der Waals surface area contributed by atoms with Crippen molar-refractivity contribution in [3.8, 4) is 0 Å². The lowest BCUT2D eigenvalue weighted by Crippen LogP contribution is -2.36. The molecule has 4 nitrogen and oxygen atoms in total. The van der Waals surface area contributed by atoms with E-state index in [1.54, 1.807) is 0 Å². The summed E-state index contributed by atoms with van der Waals surface area (Å²) in [6.45, 7) is 1.98. The maximum absolute atomic E-state index is 12.4. The molecule has 1 aromatic rings. The molecule has 0 saturated heterocycles. The molecule has 1 amide bonds. The van der Waals surface area contributed by atoms with Gasteiger partial charge in [-0.1, -0.05) is 29.8 Å². The van der Waals surface area contributed by atoms with Gasteiger partial charge in [-0.25, -0.2) is 0 Å². The standard InChI is InChI=1S/C16H17NO3/c1-9-2-6-12(7-3-9)17-15(18)13-10-4-5-11(8-10)14(13)16(19)20/h2-7,10-11,13-14H,8H2,1H3,(H,17,18)(H,19,20)/t10-,11+,13-,14+/m1/s1. The molecule has 2 bridgehead atoms. The van der Waals surface area contributed by atoms with Crippen LogP contribution >= 0.6 is 0 Å². The number of aryl methyl sites for hydroxylation is 1. The van der Waals surface area contributed by atoms with Gasteiger partial charge in [0, 0.05) is 5.69 Å². The molecule has 20 heavy (non-hydrogen) atoms. The number of carbonyl (C=O) groups is 2. The highest BCUT2D eigenvalue weighted by Gasteiger charge is 2.51. The van der Waals surface area contributed by atoms with Crippen LogP contribution in [0.2, 0.25) is 0 Å². The number of carboxylic acids is 1. The summed E-state index contributed by atoms with van der Waals surface area (Å²) in [6.07, 6.45) is 4.71. The summed E-state index contributed by atoms with van der Waals surface area (Å²) in [6, 6.07) is 7.52. The number of rotatable bonds is 3. The number of hydrogen-bond acceptors (Lipinski definition) is 2. The molecule has 3 rings (SSSR count). The van der Waals surface area contributed by atoms with Crippen LogP contribution in [0.5, 0.6) is 0 Å². The molecule has 0 spiro atoms. The van der Waals surface area contributed by atoms with Crippen molar-refractivity contribution < 1.29 is 14.7 Å². The molecule has 1 fully saturated rings. The van der Waals surface area contributed by atoms with Crippen molar-refractivity contribution in [1.29, 1.82) is 0 Å². The van der Waals surface area contributed by atoms with E-state index in [0.717, 1.165) is 17.7 Å². The summed E-state index contributed by atoms with van der Waals surface area (Å²) < 4.78 is 0. The molecule has 4 atom stereocenters. The summed E-state index contributed by atoms with van der Waals surface area (Å²) >= 11 is 0. The molecule has 1 saturated carbocycles. The van der Waals surface area contributed by atoms with Crippen LogP contribution in [-0.4, -0.2) is 17.0 Å². The maximum atomic E-state index is 12.4. The Morgan fingerprint density at radius 1 is 1.10 bits per heavy atom. The molecule has 0 heterocycles. The average molecular weight is 271 g/mol. The van der Waals surface area contributed by atoms with Gasteiger partial charge < -0.3 is 10.4 Å². The van der Waals surface area contributed by atoms with Gasteiger partial charge in [0.1, 0.15) is 0 Å². The number of anilines is 1. The Balaban J connectivity index is 1.78. The SMILES string of the molecule is Cc1ccc(NC(=O)[C@H]2[C@@H](C(=O)O)[C@H]3C=C[C@@H]2C3)cc1. The van der Waals surface area contributed by atoms with E-state index in [2.05, 4.69) is 5.32 Å². The Hall–Kier alpha value is -2.10. The highest BCUT2D eigenvalue weighted by atomic mass is 16.4. The molecule has 0 aromatic heterocycles. The Morgan fingerprint density at radius 3 is 2.30 bits per heavy atom. The third-order valence-corrected chi connectivity index (χ3v) is 4.37. The zero-order valence-corrected chi connectivity index (χ0v) is 11.2. The number of benzene rings is 1. The van der Waals surface area contributed by atoms with Gasteiger partial charge in [-0.05, 0) is 37.3 Å². The van der Waals surface area contributed by atoms with Crippen LogP contribution in [0.4, 0.5) is 5.69 Å². The van der Waals surface area contributed by atoms with Gasteiger partial charge in [0.2, 0.25) is 5.91 Å². The summed E-state index contributed by atoms with van der Waals surface area (Å²) in [5, 5.41) is 12.2. The first-order valence-electron chi connectivity index (χ1n) is 6.85. The summed E-state index contributed by atoms with van der Waals surface area (Å²) in [4.78, 5) is 23.8. The van der Waals surface area contributed by atoms with Crippen molar-refractivity contribution in [1.82, 2.24) is 0 Å². The first-order valence-corrected chi connectivity index (χ1v) is 6.85. The predicted molar refractivity (Wildman–Crippen MR) is 75.2 cm³/mol. The minimum Gasteiger partial charge on any atom is -0.481 e. The van der Waals surface area contributed by atoms with E-state index < -0.39 is 17.8 Å². The molecule has 2 aliphatic carbocycles. The fourth-order valence-corrected chi connectivity index (χ4v) is 3.38. The average Bonchev–Trinajstić information content (AvgIpc) is 3.01. The van der Waals surface area contributed by atoms with E-state index in [-0.39, 0.29) is 17.7 Å². The van der Waals surface area contributed by atoms with Crippen molar-refractivity contribution in [2.45, 2.75) is 13.3 Å². The number of aliphatic carboxylic acids is 1. The lowest BCUT2D eigenvalue weighted by molar-refractivity contribution is -0.146. The summed E-state index contributed by atoms with van der Waals surface area (Å²) in [5.41, 5.74) is 1.84. The zero-order chi connectivity index (χ0) is 14.3. The van der Waals surface area contributed by atoms with Crippen molar-refractivity contribution in [2.75, 3.05) is 5.32 Å². The molecule has 0 radical (unpaired) electrons. The molecule has 0 unspecified atom stereocenters. The van der Waals surface area contributed by atoms with Crippen LogP contribution in [0.1, 0.15) is 12.0 Å². The number of hydrogen-bond donors (Lipinski definition) is 2. The number of nitrogens with one attached hydrogen (secondary N) is 1. The number of carboxylic acid groups (broad SMARTS) is 1. The van der Waals surface area contributed by atoms with E-state index in [1.165, 1.54) is 0 Å². The molecular formula is C16H17NO3. The van der Waals surface area contributed by atoms with Gasteiger partial charge >= 0.3 is 5.97 Å². The number of fused-ring (bicyclic) bond motifs is 2. The van der Waals surface area contributed by atoms with Crippen LogP contribution < -0.4 is 5.32 Å². The number of allylic oxidation sites excluding steroid dienone is 2. The lowest BCUT2D eigenvalue weighted by atomic mass is 9.82. The molecule has 104 valence electrons. The quantitative estimate of drug-likeness (QED) is 0.830. The van der Waals surface area contributed by atoms with E-state index in [4.69, 9.17) is 0 Å². The molecule has 2 aliphatic rings. The molecule has 2 N–H and O–H groups in total. The van der Waals surface area contributed by atoms with Crippen LogP contribution in [0.3, 0.4) is 0 Å². The van der Waals surface area contributed by atoms with E-state index in [1.807, 2.05) is 43.3 Å². The van der Waals surface area contributed by atoms with Crippen LogP contribution in [0, 0.1) is 30.6 Å². The van der Waals surface area contributed by atoms with Crippen molar-refractivity contribution in [3.05, 3.63) is 42.0 Å². The zero-order valence-electron chi connectivity index (χ0n) is 11.2. The minimum atomic E-state index is -0.870. The molecule has 0 aliphatic heterocycles. The van der Waals surface area contributed by atoms with Gasteiger partial charge in [-0.2, -0.15) is 0 Å². The first-order chi connectivity index (χ1) is 9.56. The van der Waals surface area contributed by atoms with E-state index in [0.29, 0.717) is 0 Å². The van der Waals surface area contributed by atoms with Gasteiger partial charge in [0.25, 0.3) is 0 Å². The molecule has 4 heteroatoms. The normalized spacial score (nSPS) is 30.4. The second-order valence-corrected chi connectivity index (χ2v) is 5.69. The van der Waals surface area contributed by atoms with Crippen LogP contribution in [-0.2, 0) is 9.59 Å². The lowest BCUT2D eigenvalue weighted by Gasteiger charge is -2.23. The largest absolute Gasteiger partial charge is 0.481 e. The smallest absolute Gasteiger partial charge is 0.307 e. The minimum absolute atomic E-state index is 0.00580. The molecular weight excluding hydrogens is 254 g/mol. The third kappa shape index (κ3) is 2.11. The second kappa shape index (κ2) is 4.78. The van der Waals surface area contributed by atoms with Crippen LogP contribution in [0.25, 0.3) is 0 Å². The topological polar surface area (TPSA) is 66.4 Å². The van der Waals surface area contributed by atoms with Crippen molar-refractivity contribution >= 4 is 17.6 Å². The first kappa shape index (κ1) is 12.9. The van der Waals surface area contributed by atoms with E-state index >= 15 is 0 Å². The van der Waals surface area contributed by atoms with Gasteiger partial charge in [-0.3, -0.25) is 9.59 Å². The Labute approximate surface area is 117 Å². The summed E-state index contributed by atoms with van der Waals surface area (Å²) in [7, 11) is 0. The van der Waals surface area contributed by atoms with Crippen molar-refractivity contribution in [3.63, 3.8) is 0 Å².